The molecule has 1 N–H and O–H groups in total. The fourth-order valence-corrected chi connectivity index (χ4v) is 2.81. The zero-order valence-corrected chi connectivity index (χ0v) is 13.0. The van der Waals surface area contributed by atoms with Gasteiger partial charge in [-0.05, 0) is 12.6 Å². The molecule has 0 radical (unpaired) electrons. The summed E-state index contributed by atoms with van der Waals surface area (Å²) in [7, 11) is 1.68. The number of halogens is 3. The van der Waals surface area contributed by atoms with E-state index in [-0.39, 0.29) is 12.2 Å². The maximum atomic E-state index is 6.09. The van der Waals surface area contributed by atoms with Crippen LogP contribution in [-0.2, 0) is 4.74 Å². The van der Waals surface area contributed by atoms with Gasteiger partial charge < -0.3 is 14.8 Å². The van der Waals surface area contributed by atoms with Gasteiger partial charge in [0.05, 0.1) is 15.1 Å². The Balaban J connectivity index is 2.04. The summed E-state index contributed by atoms with van der Waals surface area (Å²) in [5.41, 5.74) is 0. The minimum Gasteiger partial charge on any atom is -0.486 e. The van der Waals surface area contributed by atoms with Crippen molar-refractivity contribution < 1.29 is 9.47 Å². The van der Waals surface area contributed by atoms with E-state index in [2.05, 4.69) is 12.2 Å². The zero-order valence-electron chi connectivity index (χ0n) is 10.8. The van der Waals surface area contributed by atoms with Gasteiger partial charge in [0.25, 0.3) is 0 Å². The summed E-state index contributed by atoms with van der Waals surface area (Å²) in [4.78, 5) is 0. The molecule has 1 aliphatic rings. The number of benzene rings is 1. The van der Waals surface area contributed by atoms with Crippen molar-refractivity contribution in [3.63, 3.8) is 0 Å². The molecule has 1 fully saturated rings. The van der Waals surface area contributed by atoms with E-state index in [4.69, 9.17) is 44.3 Å². The first-order valence-corrected chi connectivity index (χ1v) is 7.27. The van der Waals surface area contributed by atoms with Crippen molar-refractivity contribution in [2.24, 2.45) is 0 Å². The van der Waals surface area contributed by atoms with E-state index in [1.165, 1.54) is 0 Å². The van der Waals surface area contributed by atoms with E-state index in [1.54, 1.807) is 19.2 Å². The lowest BCUT2D eigenvalue weighted by molar-refractivity contribution is -0.0883. The molecule has 1 aromatic rings. The summed E-state index contributed by atoms with van der Waals surface area (Å²) in [5.74, 6) is 0.540. The Morgan fingerprint density at radius 2 is 1.89 bits per heavy atom. The van der Waals surface area contributed by atoms with Crippen LogP contribution in [0.1, 0.15) is 13.3 Å². The lowest BCUT2D eigenvalue weighted by Gasteiger charge is -2.43. The van der Waals surface area contributed by atoms with Crippen molar-refractivity contribution in [2.45, 2.75) is 31.6 Å². The molecule has 3 unspecified atom stereocenters. The summed E-state index contributed by atoms with van der Waals surface area (Å²) in [6.45, 7) is 2.97. The predicted octanol–water partition coefficient (Wildman–Crippen LogP) is 3.79. The summed E-state index contributed by atoms with van der Waals surface area (Å²) < 4.78 is 11.3. The van der Waals surface area contributed by atoms with Crippen molar-refractivity contribution >= 4 is 34.8 Å². The van der Waals surface area contributed by atoms with E-state index in [0.717, 1.165) is 13.0 Å². The Labute approximate surface area is 128 Å². The third-order valence-corrected chi connectivity index (χ3v) is 4.26. The van der Waals surface area contributed by atoms with E-state index in [1.807, 2.05) is 0 Å². The lowest BCUT2D eigenvalue weighted by atomic mass is 9.85. The van der Waals surface area contributed by atoms with Crippen molar-refractivity contribution in [1.29, 1.82) is 0 Å². The minimum atomic E-state index is -0.0243. The number of likely N-dealkylation sites (N-methyl/N-ethyl adjacent to an activating group) is 1. The molecule has 0 aromatic heterocycles. The Hall–Kier alpha value is -0.190. The fraction of sp³-hybridized carbons (Fsp3) is 0.538. The number of rotatable bonds is 5. The Kier molecular flexibility index (Phi) is 5.21. The maximum absolute atomic E-state index is 6.09. The Morgan fingerprint density at radius 1 is 1.21 bits per heavy atom. The largest absolute Gasteiger partial charge is 0.486 e. The first kappa shape index (κ1) is 15.2. The Morgan fingerprint density at radius 3 is 2.53 bits per heavy atom. The predicted molar refractivity (Wildman–Crippen MR) is 78.8 cm³/mol. The molecule has 0 amide bonds. The molecule has 2 rings (SSSR count). The van der Waals surface area contributed by atoms with Crippen LogP contribution in [0.25, 0.3) is 0 Å². The molecule has 106 valence electrons. The van der Waals surface area contributed by atoms with Gasteiger partial charge in [-0.15, -0.1) is 0 Å². The van der Waals surface area contributed by atoms with Gasteiger partial charge in [0.15, 0.2) is 0 Å². The normalized spacial score (nSPS) is 26.1. The SMILES string of the molecule is CCNC1CC(Oc2cc(Cl)c(Cl)cc2Cl)C1OC. The smallest absolute Gasteiger partial charge is 0.140 e. The van der Waals surface area contributed by atoms with Crippen LogP contribution in [0.4, 0.5) is 0 Å². The summed E-state index contributed by atoms with van der Waals surface area (Å²) in [6, 6.07) is 3.55. The first-order chi connectivity index (χ1) is 9.06. The van der Waals surface area contributed by atoms with Crippen LogP contribution >= 0.6 is 34.8 Å². The number of hydrogen-bond donors (Lipinski definition) is 1. The molecule has 0 heterocycles. The van der Waals surface area contributed by atoms with E-state index >= 15 is 0 Å². The summed E-state index contributed by atoms with van der Waals surface area (Å²) >= 11 is 17.9. The van der Waals surface area contributed by atoms with Crippen LogP contribution in [0.2, 0.25) is 15.1 Å². The standard InChI is InChI=1S/C13H16Cl3NO2/c1-3-17-10-6-12(13(10)18-2)19-11-5-8(15)7(14)4-9(11)16/h4-5,10,12-13,17H,3,6H2,1-2H3. The quantitative estimate of drug-likeness (QED) is 0.836. The van der Waals surface area contributed by atoms with Gasteiger partial charge in [0.2, 0.25) is 0 Å². The zero-order chi connectivity index (χ0) is 14.0. The third-order valence-electron chi connectivity index (χ3n) is 3.24. The molecule has 3 nitrogen and oxygen atoms in total. The van der Waals surface area contributed by atoms with Crippen LogP contribution in [0, 0.1) is 0 Å². The van der Waals surface area contributed by atoms with Crippen LogP contribution in [-0.4, -0.2) is 31.9 Å². The van der Waals surface area contributed by atoms with Crippen LogP contribution in [0.5, 0.6) is 5.75 Å². The number of methoxy groups -OCH3 is 1. The first-order valence-electron chi connectivity index (χ1n) is 6.14. The van der Waals surface area contributed by atoms with E-state index in [9.17, 15) is 0 Å². The van der Waals surface area contributed by atoms with Gasteiger partial charge in [-0.2, -0.15) is 0 Å². The van der Waals surface area contributed by atoms with Crippen LogP contribution in [0.15, 0.2) is 12.1 Å². The fourth-order valence-electron chi connectivity index (χ4n) is 2.23. The number of ether oxygens (including phenoxy) is 2. The van der Waals surface area contributed by atoms with Crippen molar-refractivity contribution in [1.82, 2.24) is 5.32 Å². The maximum Gasteiger partial charge on any atom is 0.140 e. The topological polar surface area (TPSA) is 30.5 Å². The molecule has 0 bridgehead atoms. The second-order valence-corrected chi connectivity index (χ2v) is 5.67. The number of hydrogen-bond acceptors (Lipinski definition) is 3. The molecular weight excluding hydrogens is 309 g/mol. The van der Waals surface area contributed by atoms with E-state index < -0.39 is 0 Å². The van der Waals surface area contributed by atoms with Crippen LogP contribution < -0.4 is 10.1 Å². The molecule has 3 atom stereocenters. The van der Waals surface area contributed by atoms with Gasteiger partial charge in [0.1, 0.15) is 18.0 Å². The van der Waals surface area contributed by atoms with Gasteiger partial charge in [-0.25, -0.2) is 0 Å². The third kappa shape index (κ3) is 3.29. The summed E-state index contributed by atoms with van der Waals surface area (Å²) in [6.07, 6.45) is 0.873. The van der Waals surface area contributed by atoms with Crippen molar-refractivity contribution in [2.75, 3.05) is 13.7 Å². The Bertz CT molecular complexity index is 456. The molecule has 6 heteroatoms. The highest BCUT2D eigenvalue weighted by Gasteiger charge is 2.43. The van der Waals surface area contributed by atoms with E-state index in [0.29, 0.717) is 26.9 Å². The highest BCUT2D eigenvalue weighted by Crippen LogP contribution is 2.37. The number of nitrogens with one attached hydrogen (secondary N) is 1. The van der Waals surface area contributed by atoms with Crippen molar-refractivity contribution in [3.05, 3.63) is 27.2 Å². The highest BCUT2D eigenvalue weighted by atomic mass is 35.5. The van der Waals surface area contributed by atoms with Gasteiger partial charge in [-0.3, -0.25) is 0 Å². The average molecular weight is 325 g/mol. The average Bonchev–Trinajstić information content (AvgIpc) is 2.34. The molecule has 1 aromatic carbocycles. The summed E-state index contributed by atoms with van der Waals surface area (Å²) in [5, 5.41) is 4.65. The highest BCUT2D eigenvalue weighted by molar-refractivity contribution is 6.43. The molecule has 0 spiro atoms. The molecule has 1 aliphatic carbocycles. The molecule has 19 heavy (non-hydrogen) atoms. The molecule has 0 saturated heterocycles. The minimum absolute atomic E-state index is 0.0190. The van der Waals surface area contributed by atoms with Gasteiger partial charge in [-0.1, -0.05) is 41.7 Å². The van der Waals surface area contributed by atoms with Gasteiger partial charge >= 0.3 is 0 Å². The molecular formula is C13H16Cl3NO2. The molecule has 0 aliphatic heterocycles. The lowest BCUT2D eigenvalue weighted by Crippen LogP contribution is -2.60. The van der Waals surface area contributed by atoms with Crippen molar-refractivity contribution in [3.8, 4) is 5.75 Å². The monoisotopic (exact) mass is 323 g/mol. The molecule has 1 saturated carbocycles. The second kappa shape index (κ2) is 6.51. The second-order valence-electron chi connectivity index (χ2n) is 4.45. The van der Waals surface area contributed by atoms with Crippen LogP contribution in [0.3, 0.4) is 0 Å². The van der Waals surface area contributed by atoms with Gasteiger partial charge in [0, 0.05) is 25.6 Å².